The van der Waals surface area contributed by atoms with Gasteiger partial charge in [-0.1, -0.05) is 0 Å². The third kappa shape index (κ3) is 2.65. The summed E-state index contributed by atoms with van der Waals surface area (Å²) in [6.45, 7) is 2.91. The van der Waals surface area contributed by atoms with Crippen LogP contribution in [0.15, 0.2) is 12.3 Å². The first kappa shape index (κ1) is 11.9. The van der Waals surface area contributed by atoms with Crippen molar-refractivity contribution in [2.24, 2.45) is 7.05 Å². The maximum Gasteiger partial charge on any atom is 0.321 e. The van der Waals surface area contributed by atoms with Gasteiger partial charge < -0.3 is 5.11 Å². The van der Waals surface area contributed by atoms with Gasteiger partial charge in [-0.2, -0.15) is 5.10 Å². The van der Waals surface area contributed by atoms with Gasteiger partial charge in [0.05, 0.1) is 11.4 Å². The molecule has 0 aliphatic heterocycles. The first-order valence-electron chi connectivity index (χ1n) is 4.44. The molecule has 1 rings (SSSR count). The van der Waals surface area contributed by atoms with E-state index in [0.717, 1.165) is 0 Å². The van der Waals surface area contributed by atoms with Gasteiger partial charge in [-0.3, -0.25) is 13.7 Å². The Labute approximate surface area is 90.6 Å². The molecule has 0 bridgehead atoms. The Balaban J connectivity index is 2.76. The van der Waals surface area contributed by atoms with Crippen molar-refractivity contribution >= 4 is 16.8 Å². The molecule has 1 atom stereocenters. The van der Waals surface area contributed by atoms with Crippen molar-refractivity contribution in [1.29, 1.82) is 0 Å². The van der Waals surface area contributed by atoms with Crippen LogP contribution in [0.1, 0.15) is 19.5 Å². The average Bonchev–Trinajstić information content (AvgIpc) is 2.50. The van der Waals surface area contributed by atoms with Gasteiger partial charge in [0.25, 0.3) is 0 Å². The number of aryl methyl sites for hydroxylation is 1. The largest absolute Gasteiger partial charge is 0.480 e. The fourth-order valence-corrected chi connectivity index (χ4v) is 1.93. The van der Waals surface area contributed by atoms with Crippen LogP contribution < -0.4 is 0 Å². The SMILES string of the molecule is Cn1ccc(CS(=O)C(C)(C)C(=O)O)n1. The van der Waals surface area contributed by atoms with E-state index in [1.807, 2.05) is 0 Å². The summed E-state index contributed by atoms with van der Waals surface area (Å²) in [4.78, 5) is 10.8. The highest BCUT2D eigenvalue weighted by Gasteiger charge is 2.34. The van der Waals surface area contributed by atoms with E-state index in [2.05, 4.69) is 5.10 Å². The molecule has 1 aromatic heterocycles. The van der Waals surface area contributed by atoms with Crippen LogP contribution in [0.5, 0.6) is 0 Å². The molecule has 84 valence electrons. The number of hydrogen-bond acceptors (Lipinski definition) is 3. The Morgan fingerprint density at radius 1 is 1.67 bits per heavy atom. The quantitative estimate of drug-likeness (QED) is 0.819. The second kappa shape index (κ2) is 4.14. The first-order chi connectivity index (χ1) is 6.84. The number of aliphatic carboxylic acids is 1. The van der Waals surface area contributed by atoms with Crippen molar-refractivity contribution in [2.45, 2.75) is 24.3 Å². The molecular weight excluding hydrogens is 216 g/mol. The molecule has 0 radical (unpaired) electrons. The summed E-state index contributed by atoms with van der Waals surface area (Å²) >= 11 is 0. The van der Waals surface area contributed by atoms with Crippen molar-refractivity contribution < 1.29 is 14.1 Å². The van der Waals surface area contributed by atoms with Crippen molar-refractivity contribution in [3.8, 4) is 0 Å². The molecule has 0 aromatic carbocycles. The molecule has 15 heavy (non-hydrogen) atoms. The highest BCUT2D eigenvalue weighted by Crippen LogP contribution is 2.16. The zero-order chi connectivity index (χ0) is 11.6. The van der Waals surface area contributed by atoms with Crippen molar-refractivity contribution in [2.75, 3.05) is 0 Å². The van der Waals surface area contributed by atoms with Gasteiger partial charge >= 0.3 is 5.97 Å². The predicted octanol–water partition coefficient (Wildman–Crippen LogP) is 0.532. The number of hydrogen-bond donors (Lipinski definition) is 1. The third-order valence-corrected chi connectivity index (χ3v) is 4.00. The van der Waals surface area contributed by atoms with Crippen LogP contribution in [0.3, 0.4) is 0 Å². The molecule has 0 aliphatic carbocycles. The zero-order valence-electron chi connectivity index (χ0n) is 8.93. The summed E-state index contributed by atoms with van der Waals surface area (Å²) in [5.41, 5.74) is 0.644. The van der Waals surface area contributed by atoms with Crippen molar-refractivity contribution in [1.82, 2.24) is 9.78 Å². The molecule has 5 nitrogen and oxygen atoms in total. The second-order valence-electron chi connectivity index (χ2n) is 3.79. The molecule has 1 N–H and O–H groups in total. The number of carbonyl (C=O) groups is 1. The molecule has 0 saturated carbocycles. The summed E-state index contributed by atoms with van der Waals surface area (Å²) in [6, 6.07) is 1.73. The van der Waals surface area contributed by atoms with Crippen LogP contribution in [0, 0.1) is 0 Å². The zero-order valence-corrected chi connectivity index (χ0v) is 9.74. The summed E-state index contributed by atoms with van der Waals surface area (Å²) in [7, 11) is 0.285. The molecule has 1 heterocycles. The van der Waals surface area contributed by atoms with Crippen LogP contribution in [-0.4, -0.2) is 29.8 Å². The smallest absolute Gasteiger partial charge is 0.321 e. The highest BCUT2D eigenvalue weighted by molar-refractivity contribution is 7.86. The molecule has 0 fully saturated rings. The Hall–Kier alpha value is -1.17. The van der Waals surface area contributed by atoms with Gasteiger partial charge in [0.2, 0.25) is 0 Å². The highest BCUT2D eigenvalue weighted by atomic mass is 32.2. The Morgan fingerprint density at radius 2 is 2.27 bits per heavy atom. The minimum atomic E-state index is -1.47. The van der Waals surface area contributed by atoms with Gasteiger partial charge in [0.15, 0.2) is 0 Å². The lowest BCUT2D eigenvalue weighted by Crippen LogP contribution is -2.37. The Kier molecular flexibility index (Phi) is 3.28. The predicted molar refractivity (Wildman–Crippen MR) is 56.8 cm³/mol. The van der Waals surface area contributed by atoms with E-state index in [1.165, 1.54) is 13.8 Å². The van der Waals surface area contributed by atoms with E-state index in [0.29, 0.717) is 5.69 Å². The number of aromatic nitrogens is 2. The van der Waals surface area contributed by atoms with Crippen molar-refractivity contribution in [3.05, 3.63) is 18.0 Å². The van der Waals surface area contributed by atoms with Gasteiger partial charge in [0.1, 0.15) is 4.75 Å². The minimum absolute atomic E-state index is 0.167. The number of carboxylic acids is 1. The van der Waals surface area contributed by atoms with Crippen LogP contribution in [0.2, 0.25) is 0 Å². The van der Waals surface area contributed by atoms with Gasteiger partial charge in [-0.25, -0.2) is 0 Å². The third-order valence-electron chi connectivity index (χ3n) is 2.13. The monoisotopic (exact) mass is 230 g/mol. The lowest BCUT2D eigenvalue weighted by molar-refractivity contribution is -0.139. The van der Waals surface area contributed by atoms with Crippen LogP contribution in [-0.2, 0) is 28.4 Å². The molecule has 0 amide bonds. The Bertz CT molecular complexity index is 398. The summed E-state index contributed by atoms with van der Waals surface area (Å²) in [5.74, 6) is -0.892. The van der Waals surface area contributed by atoms with Crippen LogP contribution in [0.4, 0.5) is 0 Å². The van der Waals surface area contributed by atoms with E-state index in [-0.39, 0.29) is 5.75 Å². The number of rotatable bonds is 4. The first-order valence-corrected chi connectivity index (χ1v) is 5.76. The van der Waals surface area contributed by atoms with Crippen molar-refractivity contribution in [3.63, 3.8) is 0 Å². The molecule has 0 aliphatic rings. The van der Waals surface area contributed by atoms with Gasteiger partial charge in [0, 0.05) is 24.0 Å². The second-order valence-corrected chi connectivity index (χ2v) is 5.79. The van der Waals surface area contributed by atoms with Crippen LogP contribution in [0.25, 0.3) is 0 Å². The molecule has 0 saturated heterocycles. The number of nitrogens with zero attached hydrogens (tertiary/aromatic N) is 2. The van der Waals surface area contributed by atoms with E-state index in [1.54, 1.807) is 24.0 Å². The lowest BCUT2D eigenvalue weighted by atomic mass is 10.2. The minimum Gasteiger partial charge on any atom is -0.480 e. The summed E-state index contributed by atoms with van der Waals surface area (Å²) in [5, 5.41) is 12.9. The maximum atomic E-state index is 11.8. The molecule has 1 aromatic rings. The molecule has 6 heteroatoms. The Morgan fingerprint density at radius 3 is 2.67 bits per heavy atom. The van der Waals surface area contributed by atoms with E-state index in [4.69, 9.17) is 5.11 Å². The fraction of sp³-hybridized carbons (Fsp3) is 0.556. The topological polar surface area (TPSA) is 72.2 Å². The molecule has 1 unspecified atom stereocenters. The summed E-state index contributed by atoms with van der Waals surface area (Å²) in [6.07, 6.45) is 1.74. The lowest BCUT2D eigenvalue weighted by Gasteiger charge is -2.17. The van der Waals surface area contributed by atoms with Gasteiger partial charge in [-0.05, 0) is 19.9 Å². The number of carboxylic acid groups (broad SMARTS) is 1. The molecule has 0 spiro atoms. The van der Waals surface area contributed by atoms with Crippen LogP contribution >= 0.6 is 0 Å². The fourth-order valence-electron chi connectivity index (χ4n) is 0.952. The maximum absolute atomic E-state index is 11.8. The summed E-state index contributed by atoms with van der Waals surface area (Å²) < 4.78 is 12.1. The standard InChI is InChI=1S/C9H14N2O3S/c1-9(2,8(12)13)15(14)6-7-4-5-11(3)10-7/h4-5H,6H2,1-3H3,(H,12,13). The van der Waals surface area contributed by atoms with E-state index in [9.17, 15) is 9.00 Å². The van der Waals surface area contributed by atoms with E-state index < -0.39 is 21.5 Å². The van der Waals surface area contributed by atoms with Gasteiger partial charge in [-0.15, -0.1) is 0 Å². The molecular formula is C9H14N2O3S. The normalized spacial score (nSPS) is 13.8. The van der Waals surface area contributed by atoms with E-state index >= 15 is 0 Å². The average molecular weight is 230 g/mol.